The van der Waals surface area contributed by atoms with Crippen molar-refractivity contribution in [2.45, 2.75) is 103 Å². The number of rotatable bonds is 5. The second kappa shape index (κ2) is 16.0. The molecule has 0 N–H and O–H groups in total. The number of hydrogen-bond acceptors (Lipinski definition) is 10. The van der Waals surface area contributed by atoms with Crippen LogP contribution in [0.25, 0.3) is 0 Å². The third-order valence-electron chi connectivity index (χ3n) is 10.4. The predicted octanol–water partition coefficient (Wildman–Crippen LogP) is 8.52. The van der Waals surface area contributed by atoms with Crippen molar-refractivity contribution in [2.75, 3.05) is 14.2 Å². The van der Waals surface area contributed by atoms with Gasteiger partial charge in [-0.3, -0.25) is 9.59 Å². The Morgan fingerprint density at radius 2 is 0.887 bits per heavy atom. The average Bonchev–Trinajstić information content (AvgIpc) is 3.15. The van der Waals surface area contributed by atoms with E-state index in [4.69, 9.17) is 11.6 Å². The maximum absolute atomic E-state index is 12.8. The fraction of sp³-hybridized carbons (Fsp3) is 0.429. The molecule has 2 aliphatic rings. The zero-order chi connectivity index (χ0) is 39.4. The quantitative estimate of drug-likeness (QED) is 0.111. The van der Waals surface area contributed by atoms with Crippen molar-refractivity contribution in [3.8, 4) is 0 Å². The van der Waals surface area contributed by atoms with Crippen molar-refractivity contribution in [3.63, 3.8) is 0 Å². The Morgan fingerprint density at radius 3 is 1.26 bits per heavy atom. The number of fused-ring (bicyclic) bond motifs is 2. The lowest BCUT2D eigenvalue weighted by molar-refractivity contribution is 0.0590. The number of esters is 2. The summed E-state index contributed by atoms with van der Waals surface area (Å²) in [5.41, 5.74) is 7.44. The molecule has 6 rings (SSSR count). The van der Waals surface area contributed by atoms with Gasteiger partial charge in [-0.25, -0.2) is 29.5 Å². The van der Waals surface area contributed by atoms with Crippen molar-refractivity contribution in [1.82, 2.24) is 19.9 Å². The van der Waals surface area contributed by atoms with E-state index in [0.29, 0.717) is 16.4 Å². The Hall–Kier alpha value is -4.83. The van der Waals surface area contributed by atoms with Gasteiger partial charge in [0.25, 0.3) is 5.24 Å². The molecule has 0 unspecified atom stereocenters. The fourth-order valence-electron chi connectivity index (χ4n) is 6.74. The Bertz CT molecular complexity index is 1950. The standard InChI is InChI=1S/C21H24N2O3.C14H20.C7H5ClN2O3/c1-20(2)8-9-21(3,4)16-10-13(6-7-15(16)20)17(24)18-22-11-14(12-23-18)19(25)26-5;1-13(2)9-10-14(3,4)12-8-6-5-7-11(12)13;1-13-7(12)4-2-9-6(5(8)11)10-3-4/h6-7,10-12H,8-9H2,1-5H3;5-8H,9-10H2,1-4H3;2-3H,1H3. The lowest BCUT2D eigenvalue weighted by atomic mass is 9.63. The number of carbonyl (C=O) groups is 4. The molecule has 2 aliphatic carbocycles. The normalized spacial score (nSPS) is 16.8. The number of methoxy groups -OCH3 is 2. The topological polar surface area (TPSA) is 138 Å². The van der Waals surface area contributed by atoms with Gasteiger partial charge in [0.2, 0.25) is 17.4 Å². The minimum absolute atomic E-state index is 0.0245. The zero-order valence-corrected chi connectivity index (χ0v) is 33.1. The molecule has 0 spiro atoms. The van der Waals surface area contributed by atoms with E-state index in [2.05, 4.69) is 115 Å². The number of ketones is 1. The molecule has 0 saturated carbocycles. The zero-order valence-electron chi connectivity index (χ0n) is 32.3. The molecule has 53 heavy (non-hydrogen) atoms. The van der Waals surface area contributed by atoms with E-state index in [1.54, 1.807) is 11.1 Å². The van der Waals surface area contributed by atoms with Crippen LogP contribution in [0.5, 0.6) is 0 Å². The second-order valence-corrected chi connectivity index (χ2v) is 16.4. The Balaban J connectivity index is 0.000000196. The average molecular weight is 741 g/mol. The first-order valence-corrected chi connectivity index (χ1v) is 17.9. The van der Waals surface area contributed by atoms with Gasteiger partial charge in [0.05, 0.1) is 25.3 Å². The summed E-state index contributed by atoms with van der Waals surface area (Å²) in [6, 6.07) is 14.8. The lowest BCUT2D eigenvalue weighted by Crippen LogP contribution is -2.34. The number of aromatic nitrogens is 4. The highest BCUT2D eigenvalue weighted by molar-refractivity contribution is 6.67. The number of carbonyl (C=O) groups excluding carboxylic acids is 4. The van der Waals surface area contributed by atoms with E-state index < -0.39 is 17.2 Å². The van der Waals surface area contributed by atoms with Crippen molar-refractivity contribution >= 4 is 34.6 Å². The van der Waals surface area contributed by atoms with Gasteiger partial charge in [0.1, 0.15) is 0 Å². The van der Waals surface area contributed by atoms with Gasteiger partial charge >= 0.3 is 11.9 Å². The first-order chi connectivity index (χ1) is 24.7. The van der Waals surface area contributed by atoms with Crippen molar-refractivity contribution < 1.29 is 28.7 Å². The first kappa shape index (κ1) is 40.9. The van der Waals surface area contributed by atoms with Gasteiger partial charge in [-0.1, -0.05) is 91.8 Å². The third kappa shape index (κ3) is 9.40. The minimum Gasteiger partial charge on any atom is -0.465 e. The van der Waals surface area contributed by atoms with Crippen LogP contribution in [-0.4, -0.2) is 57.1 Å². The van der Waals surface area contributed by atoms with E-state index in [0.717, 1.165) is 12.8 Å². The molecular formula is C42H49ClN4O6. The highest BCUT2D eigenvalue weighted by Gasteiger charge is 2.38. The smallest absolute Gasteiger partial charge is 0.341 e. The summed E-state index contributed by atoms with van der Waals surface area (Å²) in [4.78, 5) is 60.9. The number of benzene rings is 2. The maximum atomic E-state index is 12.8. The molecule has 0 atom stereocenters. The molecule has 0 saturated heterocycles. The number of halogens is 1. The molecule has 0 amide bonds. The van der Waals surface area contributed by atoms with Gasteiger partial charge < -0.3 is 9.47 Å². The molecular weight excluding hydrogens is 692 g/mol. The van der Waals surface area contributed by atoms with Crippen LogP contribution < -0.4 is 0 Å². The summed E-state index contributed by atoms with van der Waals surface area (Å²) < 4.78 is 9.02. The van der Waals surface area contributed by atoms with Crippen LogP contribution in [0.4, 0.5) is 0 Å². The summed E-state index contributed by atoms with van der Waals surface area (Å²) in [5, 5.41) is -0.767. The highest BCUT2D eigenvalue weighted by atomic mass is 35.5. The fourth-order valence-corrected chi connectivity index (χ4v) is 6.84. The van der Waals surface area contributed by atoms with Crippen LogP contribution in [0.15, 0.2) is 67.3 Å². The van der Waals surface area contributed by atoms with Crippen molar-refractivity contribution in [1.29, 1.82) is 0 Å². The third-order valence-corrected chi connectivity index (χ3v) is 10.6. The largest absolute Gasteiger partial charge is 0.465 e. The number of hydrogen-bond donors (Lipinski definition) is 0. The van der Waals surface area contributed by atoms with Crippen LogP contribution in [0.3, 0.4) is 0 Å². The summed E-state index contributed by atoms with van der Waals surface area (Å²) in [7, 11) is 2.53. The number of ether oxygens (including phenoxy) is 2. The first-order valence-electron chi connectivity index (χ1n) is 17.5. The van der Waals surface area contributed by atoms with E-state index in [1.807, 2.05) is 12.1 Å². The highest BCUT2D eigenvalue weighted by Crippen LogP contribution is 2.46. The summed E-state index contributed by atoms with van der Waals surface area (Å²) in [6.07, 6.45) is 9.79. The van der Waals surface area contributed by atoms with Gasteiger partial charge in [-0.2, -0.15) is 0 Å². The van der Waals surface area contributed by atoms with Crippen LogP contribution in [0, 0.1) is 0 Å². The molecule has 10 nitrogen and oxygen atoms in total. The molecule has 11 heteroatoms. The molecule has 0 aliphatic heterocycles. The summed E-state index contributed by atoms with van der Waals surface area (Å²) >= 11 is 5.09. The Labute approximate surface area is 317 Å². The number of nitrogens with zero attached hydrogens (tertiary/aromatic N) is 4. The Morgan fingerprint density at radius 1 is 0.528 bits per heavy atom. The predicted molar refractivity (Wildman–Crippen MR) is 204 cm³/mol. The van der Waals surface area contributed by atoms with Gasteiger partial charge in [-0.15, -0.1) is 0 Å². The second-order valence-electron chi connectivity index (χ2n) is 16.0. The van der Waals surface area contributed by atoms with Gasteiger partial charge in [0, 0.05) is 30.4 Å². The Kier molecular flexibility index (Phi) is 12.4. The monoisotopic (exact) mass is 740 g/mol. The SMILES string of the molecule is CC1(C)CCC(C)(C)c2ccccc21.COC(=O)c1cnc(C(=O)Cl)nc1.COC(=O)c1cnc(C(=O)c2ccc3c(c2)C(C)(C)CCC3(C)C)nc1. The van der Waals surface area contributed by atoms with Crippen molar-refractivity contribution in [2.24, 2.45) is 0 Å². The lowest BCUT2D eigenvalue weighted by Gasteiger charge is -2.42. The molecule has 2 aromatic carbocycles. The van der Waals surface area contributed by atoms with Gasteiger partial charge in [0.15, 0.2) is 0 Å². The molecule has 280 valence electrons. The van der Waals surface area contributed by atoms with Gasteiger partial charge in [-0.05, 0) is 87.3 Å². The minimum atomic E-state index is -0.767. The summed E-state index contributed by atoms with van der Waals surface area (Å²) in [6.45, 7) is 18.4. The molecule has 0 bridgehead atoms. The molecule has 4 aromatic rings. The van der Waals surface area contributed by atoms with Crippen molar-refractivity contribution in [3.05, 3.63) is 118 Å². The van der Waals surface area contributed by atoms with Crippen LogP contribution in [0.2, 0.25) is 0 Å². The molecule has 0 radical (unpaired) electrons. The molecule has 2 aromatic heterocycles. The molecule has 2 heterocycles. The molecule has 0 fully saturated rings. The van der Waals surface area contributed by atoms with Crippen LogP contribution in [0.1, 0.15) is 151 Å². The van der Waals surface area contributed by atoms with E-state index in [1.165, 1.54) is 63.0 Å². The van der Waals surface area contributed by atoms with E-state index >= 15 is 0 Å². The maximum Gasteiger partial charge on any atom is 0.341 e. The van der Waals surface area contributed by atoms with Crippen LogP contribution in [-0.2, 0) is 31.1 Å². The van der Waals surface area contributed by atoms with Crippen LogP contribution >= 0.6 is 11.6 Å². The summed E-state index contributed by atoms with van der Waals surface area (Å²) in [5.74, 6) is -1.40. The van der Waals surface area contributed by atoms with E-state index in [9.17, 15) is 19.2 Å². The van der Waals surface area contributed by atoms with E-state index in [-0.39, 0.29) is 39.4 Å².